The summed E-state index contributed by atoms with van der Waals surface area (Å²) in [6.45, 7) is 4.42. The first-order valence-electron chi connectivity index (χ1n) is 3.36. The molecular weight excluding hydrogens is 175 g/mol. The van der Waals surface area contributed by atoms with Crippen molar-refractivity contribution < 1.29 is 9.18 Å². The van der Waals surface area contributed by atoms with E-state index >= 15 is 0 Å². The number of nitrogens with zero attached hydrogens (tertiary/aromatic N) is 1. The van der Waals surface area contributed by atoms with E-state index in [-0.39, 0.29) is 11.5 Å². The van der Waals surface area contributed by atoms with E-state index in [0.29, 0.717) is 0 Å². The molecule has 5 nitrogen and oxygen atoms in total. The van der Waals surface area contributed by atoms with Gasteiger partial charge >= 0.3 is 0 Å². The molecule has 0 saturated carbocycles. The number of carbonyl (C=O) groups is 1. The Morgan fingerprint density at radius 3 is 2.46 bits per heavy atom. The first-order chi connectivity index (χ1) is 5.99. The molecule has 0 aromatic heterocycles. The van der Waals surface area contributed by atoms with Gasteiger partial charge in [-0.2, -0.15) is 4.39 Å². The number of aliphatic imine (C=N–C) groups is 1. The summed E-state index contributed by atoms with van der Waals surface area (Å²) in [4.78, 5) is 13.9. The molecule has 0 aliphatic carbocycles. The van der Waals surface area contributed by atoms with Gasteiger partial charge in [-0.25, -0.2) is 4.99 Å². The van der Waals surface area contributed by atoms with Crippen molar-refractivity contribution >= 4 is 11.9 Å². The number of amides is 1. The third-order valence-electron chi connectivity index (χ3n) is 1.03. The molecule has 0 heterocycles. The zero-order valence-electron chi connectivity index (χ0n) is 7.17. The summed E-state index contributed by atoms with van der Waals surface area (Å²) in [5.41, 5.74) is 9.72. The molecule has 0 aromatic rings. The van der Waals surface area contributed by atoms with Crippen molar-refractivity contribution in [2.75, 3.05) is 0 Å². The van der Waals surface area contributed by atoms with E-state index in [1.54, 1.807) is 0 Å². The standard InChI is InChI=1S/C7H11FN4O/c1-3-11-7(12-4(2)8)5(9)6(10)13/h3,11H,1,9H2,2H3,(H2,10,13)/b7-5+,12-4?. The van der Waals surface area contributed by atoms with Crippen LogP contribution in [0.5, 0.6) is 0 Å². The van der Waals surface area contributed by atoms with Crippen molar-refractivity contribution in [3.63, 3.8) is 0 Å². The Labute approximate surface area is 75.0 Å². The van der Waals surface area contributed by atoms with Gasteiger partial charge in [0.25, 0.3) is 5.91 Å². The fourth-order valence-electron chi connectivity index (χ4n) is 0.538. The van der Waals surface area contributed by atoms with Gasteiger partial charge in [0.05, 0.1) is 0 Å². The minimum atomic E-state index is -0.880. The van der Waals surface area contributed by atoms with Crippen molar-refractivity contribution in [1.82, 2.24) is 5.32 Å². The highest BCUT2D eigenvalue weighted by atomic mass is 19.1. The molecule has 0 aliphatic rings. The summed E-state index contributed by atoms with van der Waals surface area (Å²) >= 11 is 0. The second kappa shape index (κ2) is 4.91. The number of nitrogens with one attached hydrogen (secondary N) is 1. The minimum Gasteiger partial charge on any atom is -0.391 e. The molecule has 13 heavy (non-hydrogen) atoms. The van der Waals surface area contributed by atoms with E-state index in [0.717, 1.165) is 6.92 Å². The molecule has 0 atom stereocenters. The molecule has 6 heteroatoms. The molecule has 1 amide bonds. The summed E-state index contributed by atoms with van der Waals surface area (Å²) in [6.07, 6.45) is 1.21. The Kier molecular flexibility index (Phi) is 4.21. The van der Waals surface area contributed by atoms with Crippen LogP contribution in [0.25, 0.3) is 0 Å². The van der Waals surface area contributed by atoms with Gasteiger partial charge in [0.1, 0.15) is 5.70 Å². The van der Waals surface area contributed by atoms with E-state index in [1.165, 1.54) is 6.20 Å². The number of nitrogens with two attached hydrogens (primary N) is 2. The summed E-state index contributed by atoms with van der Waals surface area (Å²) in [7, 11) is 0. The van der Waals surface area contributed by atoms with Gasteiger partial charge in [-0.15, -0.1) is 0 Å². The molecule has 72 valence electrons. The van der Waals surface area contributed by atoms with Gasteiger partial charge in [0, 0.05) is 6.92 Å². The number of hydrogen-bond donors (Lipinski definition) is 3. The van der Waals surface area contributed by atoms with Gasteiger partial charge in [0.15, 0.2) is 11.8 Å². The highest BCUT2D eigenvalue weighted by Crippen LogP contribution is 1.98. The maximum absolute atomic E-state index is 12.3. The number of rotatable bonds is 4. The van der Waals surface area contributed by atoms with Crippen molar-refractivity contribution in [3.8, 4) is 0 Å². The Balaban J connectivity index is 4.99. The molecule has 0 aliphatic heterocycles. The molecule has 0 fully saturated rings. The van der Waals surface area contributed by atoms with Crippen LogP contribution in [-0.2, 0) is 4.79 Å². The van der Waals surface area contributed by atoms with Crippen molar-refractivity contribution in [2.45, 2.75) is 6.92 Å². The summed E-state index contributed by atoms with van der Waals surface area (Å²) in [5, 5.41) is 2.39. The molecular formula is C7H11FN4O. The van der Waals surface area contributed by atoms with Crippen LogP contribution in [0, 0.1) is 0 Å². The van der Waals surface area contributed by atoms with E-state index in [2.05, 4.69) is 16.9 Å². The third-order valence-corrected chi connectivity index (χ3v) is 1.03. The quantitative estimate of drug-likeness (QED) is 0.416. The van der Waals surface area contributed by atoms with Crippen molar-refractivity contribution in [1.29, 1.82) is 0 Å². The van der Waals surface area contributed by atoms with Gasteiger partial charge in [-0.3, -0.25) is 4.79 Å². The largest absolute Gasteiger partial charge is 0.391 e. The fourth-order valence-corrected chi connectivity index (χ4v) is 0.538. The Morgan fingerprint density at radius 1 is 1.62 bits per heavy atom. The highest BCUT2D eigenvalue weighted by Gasteiger charge is 2.06. The van der Waals surface area contributed by atoms with Crippen LogP contribution in [0.4, 0.5) is 4.39 Å². The van der Waals surface area contributed by atoms with Crippen LogP contribution >= 0.6 is 0 Å². The topological polar surface area (TPSA) is 93.5 Å². The summed E-state index contributed by atoms with van der Waals surface area (Å²) in [5.74, 6) is -1.77. The number of halogens is 1. The average Bonchev–Trinajstić information content (AvgIpc) is 2.01. The second-order valence-corrected chi connectivity index (χ2v) is 2.08. The van der Waals surface area contributed by atoms with Crippen LogP contribution in [0.2, 0.25) is 0 Å². The lowest BCUT2D eigenvalue weighted by Crippen LogP contribution is -2.25. The summed E-state index contributed by atoms with van der Waals surface area (Å²) < 4.78 is 12.3. The van der Waals surface area contributed by atoms with Crippen LogP contribution in [0.3, 0.4) is 0 Å². The van der Waals surface area contributed by atoms with Gasteiger partial charge < -0.3 is 16.8 Å². The molecule has 0 unspecified atom stereocenters. The van der Waals surface area contributed by atoms with Gasteiger partial charge in [0.2, 0.25) is 0 Å². The zero-order valence-corrected chi connectivity index (χ0v) is 7.17. The van der Waals surface area contributed by atoms with E-state index in [4.69, 9.17) is 11.5 Å². The monoisotopic (exact) mass is 186 g/mol. The molecule has 0 radical (unpaired) electrons. The molecule has 5 N–H and O–H groups in total. The van der Waals surface area contributed by atoms with Crippen molar-refractivity contribution in [3.05, 3.63) is 24.3 Å². The number of primary amides is 1. The van der Waals surface area contributed by atoms with Crippen LogP contribution in [0.1, 0.15) is 6.92 Å². The van der Waals surface area contributed by atoms with E-state index in [1.807, 2.05) is 0 Å². The molecule has 0 rings (SSSR count). The molecule has 0 bridgehead atoms. The smallest absolute Gasteiger partial charge is 0.268 e. The molecule has 0 aromatic carbocycles. The first kappa shape index (κ1) is 11.2. The van der Waals surface area contributed by atoms with Gasteiger partial charge in [-0.1, -0.05) is 6.58 Å². The lowest BCUT2D eigenvalue weighted by Gasteiger charge is -2.03. The highest BCUT2D eigenvalue weighted by molar-refractivity contribution is 5.92. The Morgan fingerprint density at radius 2 is 2.15 bits per heavy atom. The van der Waals surface area contributed by atoms with Crippen LogP contribution < -0.4 is 16.8 Å². The lowest BCUT2D eigenvalue weighted by atomic mass is 10.4. The summed E-state index contributed by atoms with van der Waals surface area (Å²) in [6, 6.07) is 0. The molecule has 0 saturated heterocycles. The lowest BCUT2D eigenvalue weighted by molar-refractivity contribution is -0.114. The van der Waals surface area contributed by atoms with E-state index < -0.39 is 11.9 Å². The Hall–Kier alpha value is -1.85. The predicted octanol–water partition coefficient (Wildman–Crippen LogP) is -0.279. The Bertz CT molecular complexity index is 278. The van der Waals surface area contributed by atoms with Crippen LogP contribution in [-0.4, -0.2) is 11.9 Å². The number of hydrogen-bond acceptors (Lipinski definition) is 4. The maximum atomic E-state index is 12.3. The third kappa shape index (κ3) is 3.90. The first-order valence-corrected chi connectivity index (χ1v) is 3.36. The fraction of sp³-hybridized carbons (Fsp3) is 0.143. The zero-order chi connectivity index (χ0) is 10.4. The average molecular weight is 186 g/mol. The van der Waals surface area contributed by atoms with Crippen LogP contribution in [0.15, 0.2) is 29.3 Å². The number of carbonyl (C=O) groups excluding carboxylic acids is 1. The minimum absolute atomic E-state index is 0.150. The SMILES string of the molecule is C=CN/C(N=C(C)F)=C(\N)C(N)=O. The maximum Gasteiger partial charge on any atom is 0.268 e. The second-order valence-electron chi connectivity index (χ2n) is 2.08. The normalized spacial score (nSPS) is 13.2. The van der Waals surface area contributed by atoms with E-state index in [9.17, 15) is 9.18 Å². The molecule has 0 spiro atoms. The van der Waals surface area contributed by atoms with Crippen molar-refractivity contribution in [2.24, 2.45) is 16.5 Å². The predicted molar refractivity (Wildman–Crippen MR) is 48.0 cm³/mol. The van der Waals surface area contributed by atoms with Gasteiger partial charge in [-0.05, 0) is 6.20 Å².